The van der Waals surface area contributed by atoms with E-state index in [0.717, 1.165) is 0 Å². The van der Waals surface area contributed by atoms with Gasteiger partial charge >= 0.3 is 0 Å². The molecule has 0 heterocycles. The first-order valence-electron chi connectivity index (χ1n) is 0.507. The molecular formula is Cl3LiP. The van der Waals surface area contributed by atoms with Crippen LogP contribution in [0.2, 0.25) is 0 Å². The van der Waals surface area contributed by atoms with Crippen LogP contribution in [0.25, 0.3) is 0 Å². The summed E-state index contributed by atoms with van der Waals surface area (Å²) >= 11 is 14.6. The minimum atomic E-state index is -1.20. The Morgan fingerprint density at radius 3 is 1.00 bits per heavy atom. The molecule has 0 fully saturated rings. The van der Waals surface area contributed by atoms with Crippen molar-refractivity contribution in [3.05, 3.63) is 0 Å². The molecule has 5 heavy (non-hydrogen) atoms. The standard InChI is InChI=1S/Cl3P.Li/c1-4(2)3;. The number of halogens is 3. The van der Waals surface area contributed by atoms with Crippen molar-refractivity contribution in [1.82, 2.24) is 0 Å². The normalized spacial score (nSPS) is 7.20. The van der Waals surface area contributed by atoms with Crippen LogP contribution >= 0.6 is 39.7 Å². The molecular weight excluding hydrogens is 144 g/mol. The minimum absolute atomic E-state index is 0. The molecule has 0 rings (SSSR count). The molecule has 0 saturated carbocycles. The number of hydrogen-bond acceptors (Lipinski definition) is 0. The van der Waals surface area contributed by atoms with E-state index in [1.165, 1.54) is 0 Å². The summed E-state index contributed by atoms with van der Waals surface area (Å²) < 4.78 is 0. The average Bonchev–Trinajstić information content (AvgIpc) is 0.811. The smallest absolute Gasteiger partial charge is 0.0596 e. The zero-order chi connectivity index (χ0) is 3.58. The number of hydrogen-bond donors (Lipinski definition) is 0. The fourth-order valence-corrected chi connectivity index (χ4v) is 0. The summed E-state index contributed by atoms with van der Waals surface area (Å²) in [5.41, 5.74) is 0. The first kappa shape index (κ1) is 10.0. The zero-order valence-corrected chi connectivity index (χ0v) is 5.74. The monoisotopic (exact) mass is 143 g/mol. The molecule has 27 valence electrons. The summed E-state index contributed by atoms with van der Waals surface area (Å²) in [6.45, 7) is 0. The first-order chi connectivity index (χ1) is 1.73. The second-order valence-electron chi connectivity index (χ2n) is 0.192. The van der Waals surface area contributed by atoms with Gasteiger partial charge in [0.25, 0.3) is 0 Å². The Labute approximate surface area is 58.5 Å². The van der Waals surface area contributed by atoms with Crippen molar-refractivity contribution < 1.29 is 0 Å². The van der Waals surface area contributed by atoms with Gasteiger partial charge in [0, 0.05) is 18.9 Å². The zero-order valence-electron chi connectivity index (χ0n) is 2.58. The van der Waals surface area contributed by atoms with Crippen LogP contribution < -0.4 is 0 Å². The van der Waals surface area contributed by atoms with E-state index in [4.69, 9.17) is 33.7 Å². The molecule has 0 nitrogen and oxygen atoms in total. The van der Waals surface area contributed by atoms with Gasteiger partial charge in [-0.05, 0) is 0 Å². The van der Waals surface area contributed by atoms with Gasteiger partial charge in [-0.3, -0.25) is 0 Å². The van der Waals surface area contributed by atoms with Gasteiger partial charge in [0.2, 0.25) is 0 Å². The Hall–Kier alpha value is 1.90. The van der Waals surface area contributed by atoms with E-state index in [-0.39, 0.29) is 18.9 Å². The molecule has 0 amide bonds. The van der Waals surface area contributed by atoms with E-state index in [1.807, 2.05) is 0 Å². The second-order valence-corrected chi connectivity index (χ2v) is 5.17. The molecule has 0 aliphatic carbocycles. The van der Waals surface area contributed by atoms with E-state index in [0.29, 0.717) is 0 Å². The van der Waals surface area contributed by atoms with E-state index in [2.05, 4.69) is 0 Å². The molecule has 0 aliphatic rings. The Morgan fingerprint density at radius 2 is 1.00 bits per heavy atom. The third-order valence-corrected chi connectivity index (χ3v) is 0. The molecule has 0 aliphatic heterocycles. The maximum Gasteiger partial charge on any atom is 0.179 e. The molecule has 0 saturated heterocycles. The van der Waals surface area contributed by atoms with Crippen LogP contribution in [0.4, 0.5) is 0 Å². The molecule has 0 atom stereocenters. The molecule has 0 unspecified atom stereocenters. The van der Waals surface area contributed by atoms with Gasteiger partial charge < -0.3 is 0 Å². The van der Waals surface area contributed by atoms with Crippen molar-refractivity contribution in [3.63, 3.8) is 0 Å². The van der Waals surface area contributed by atoms with Crippen molar-refractivity contribution >= 4 is 58.6 Å². The molecule has 5 heteroatoms. The van der Waals surface area contributed by atoms with Crippen molar-refractivity contribution in [2.24, 2.45) is 0 Å². The molecule has 1 radical (unpaired) electrons. The topological polar surface area (TPSA) is 0 Å². The van der Waals surface area contributed by atoms with Gasteiger partial charge in [-0.2, -0.15) is 0 Å². The predicted octanol–water partition coefficient (Wildman–Crippen LogP) is 2.55. The van der Waals surface area contributed by atoms with Gasteiger partial charge in [-0.25, -0.2) is 0 Å². The van der Waals surface area contributed by atoms with Crippen LogP contribution in [-0.2, 0) is 0 Å². The van der Waals surface area contributed by atoms with Crippen LogP contribution in [0, 0.1) is 0 Å². The van der Waals surface area contributed by atoms with E-state index in [1.54, 1.807) is 0 Å². The van der Waals surface area contributed by atoms with E-state index >= 15 is 0 Å². The van der Waals surface area contributed by atoms with Crippen LogP contribution in [-0.4, -0.2) is 18.9 Å². The van der Waals surface area contributed by atoms with Crippen LogP contribution in [0.1, 0.15) is 0 Å². The van der Waals surface area contributed by atoms with Gasteiger partial charge in [0.1, 0.15) is 0 Å². The Kier molecular flexibility index (Phi) is 11.8. The molecule has 0 N–H and O–H groups in total. The largest absolute Gasteiger partial charge is 0.179 e. The molecule has 0 aromatic carbocycles. The molecule has 0 aromatic rings. The number of rotatable bonds is 0. The summed E-state index contributed by atoms with van der Waals surface area (Å²) in [7, 11) is 0. The predicted molar refractivity (Wildman–Crippen MR) is 30.2 cm³/mol. The molecule has 0 aromatic heterocycles. The summed E-state index contributed by atoms with van der Waals surface area (Å²) in [6, 6.07) is 0. The van der Waals surface area contributed by atoms with Gasteiger partial charge in [0.15, 0.2) is 5.98 Å². The van der Waals surface area contributed by atoms with Crippen LogP contribution in [0.15, 0.2) is 0 Å². The summed E-state index contributed by atoms with van der Waals surface area (Å²) in [6.07, 6.45) is 0. The van der Waals surface area contributed by atoms with Gasteiger partial charge in [-0.1, -0.05) is 33.7 Å². The summed E-state index contributed by atoms with van der Waals surface area (Å²) in [5, 5.41) is 0. The average molecular weight is 144 g/mol. The van der Waals surface area contributed by atoms with Crippen molar-refractivity contribution in [2.75, 3.05) is 0 Å². The fraction of sp³-hybridized carbons (Fsp3) is 0. The summed E-state index contributed by atoms with van der Waals surface area (Å²) in [4.78, 5) is 0. The Morgan fingerprint density at radius 1 is 1.00 bits per heavy atom. The van der Waals surface area contributed by atoms with E-state index < -0.39 is 5.98 Å². The third-order valence-electron chi connectivity index (χ3n) is 0. The Bertz CT molecular complexity index is 11.6. The van der Waals surface area contributed by atoms with Crippen LogP contribution in [0.3, 0.4) is 0 Å². The SMILES string of the molecule is ClP(Cl)Cl.[Li]. The molecule has 0 spiro atoms. The third kappa shape index (κ3) is 24.9. The van der Waals surface area contributed by atoms with Crippen LogP contribution in [0.5, 0.6) is 0 Å². The van der Waals surface area contributed by atoms with Crippen molar-refractivity contribution in [2.45, 2.75) is 0 Å². The maximum atomic E-state index is 4.87. The fourth-order valence-electron chi connectivity index (χ4n) is 0. The van der Waals surface area contributed by atoms with Crippen molar-refractivity contribution in [1.29, 1.82) is 0 Å². The maximum absolute atomic E-state index is 4.87. The van der Waals surface area contributed by atoms with Gasteiger partial charge in [-0.15, -0.1) is 0 Å². The molecule has 0 bridgehead atoms. The Balaban J connectivity index is 0. The quantitative estimate of drug-likeness (QED) is 0.362. The van der Waals surface area contributed by atoms with Crippen molar-refractivity contribution in [3.8, 4) is 0 Å². The van der Waals surface area contributed by atoms with E-state index in [9.17, 15) is 0 Å². The minimum Gasteiger partial charge on any atom is -0.0596 e. The summed E-state index contributed by atoms with van der Waals surface area (Å²) in [5.74, 6) is -1.20. The first-order valence-corrected chi connectivity index (χ1v) is 4.56. The second kappa shape index (κ2) is 5.90. The van der Waals surface area contributed by atoms with Gasteiger partial charge in [0.05, 0.1) is 0 Å².